The number of fused-ring (bicyclic) bond motifs is 1. The molecule has 162 valence electrons. The van der Waals surface area contributed by atoms with E-state index in [1.807, 2.05) is 25.1 Å². The van der Waals surface area contributed by atoms with E-state index in [2.05, 4.69) is 6.58 Å². The Kier molecular flexibility index (Phi) is 6.97. The third kappa shape index (κ3) is 4.58. The van der Waals surface area contributed by atoms with E-state index >= 15 is 0 Å². The lowest BCUT2D eigenvalue weighted by Crippen LogP contribution is -2.41. The lowest BCUT2D eigenvalue weighted by Gasteiger charge is -2.21. The summed E-state index contributed by atoms with van der Waals surface area (Å²) in [6.45, 7) is 7.07. The van der Waals surface area contributed by atoms with Crippen molar-refractivity contribution >= 4 is 24.2 Å². The number of unbranched alkanes of at least 4 members (excludes halogenated alkanes) is 1. The second kappa shape index (κ2) is 9.65. The molecular formula is C22H28N2O6. The van der Waals surface area contributed by atoms with E-state index in [9.17, 15) is 14.4 Å². The maximum absolute atomic E-state index is 12.7. The molecule has 2 amide bonds. The molecule has 0 saturated carbocycles. The number of ether oxygens (including phenoxy) is 3. The Morgan fingerprint density at radius 3 is 2.73 bits per heavy atom. The van der Waals surface area contributed by atoms with Gasteiger partial charge in [0.2, 0.25) is 0 Å². The molecular weight excluding hydrogens is 388 g/mol. The van der Waals surface area contributed by atoms with E-state index in [4.69, 9.17) is 14.2 Å². The number of hydrogen-bond donors (Lipinski definition) is 0. The summed E-state index contributed by atoms with van der Waals surface area (Å²) in [5.41, 5.74) is 3.11. The number of esters is 1. The molecule has 0 unspecified atom stereocenters. The summed E-state index contributed by atoms with van der Waals surface area (Å²) >= 11 is 0. The van der Waals surface area contributed by atoms with Gasteiger partial charge in [-0.3, -0.25) is 9.80 Å². The van der Waals surface area contributed by atoms with Crippen LogP contribution in [-0.2, 0) is 32.1 Å². The Morgan fingerprint density at radius 2 is 2.03 bits per heavy atom. The van der Waals surface area contributed by atoms with Gasteiger partial charge in [-0.05, 0) is 23.1 Å². The van der Waals surface area contributed by atoms with Gasteiger partial charge in [0, 0.05) is 13.0 Å². The molecule has 0 bridgehead atoms. The Labute approximate surface area is 176 Å². The minimum Gasteiger partial charge on any atom is -0.467 e. The summed E-state index contributed by atoms with van der Waals surface area (Å²) in [7, 11) is 1.26. The van der Waals surface area contributed by atoms with E-state index in [0.717, 1.165) is 29.5 Å². The molecule has 1 saturated heterocycles. The SMILES string of the molecule is C=Cc1cccc2c1CN(C(=O)O[C@@H]1C[C@@H](C(=O)OC)N(C(=O)OCCCC)C1)C2. The van der Waals surface area contributed by atoms with Gasteiger partial charge in [0.15, 0.2) is 0 Å². The van der Waals surface area contributed by atoms with Gasteiger partial charge in [0.25, 0.3) is 0 Å². The quantitative estimate of drug-likeness (QED) is 0.402. The molecule has 3 rings (SSSR count). The van der Waals surface area contributed by atoms with E-state index in [1.165, 1.54) is 12.0 Å². The minimum atomic E-state index is -0.829. The van der Waals surface area contributed by atoms with Crippen molar-refractivity contribution in [3.63, 3.8) is 0 Å². The second-order valence-electron chi connectivity index (χ2n) is 7.45. The average Bonchev–Trinajstić information content (AvgIpc) is 3.37. The summed E-state index contributed by atoms with van der Waals surface area (Å²) in [4.78, 5) is 40.1. The summed E-state index contributed by atoms with van der Waals surface area (Å²) in [5.74, 6) is -0.551. The highest BCUT2D eigenvalue weighted by atomic mass is 16.6. The van der Waals surface area contributed by atoms with Crippen molar-refractivity contribution < 1.29 is 28.6 Å². The van der Waals surface area contributed by atoms with Crippen LogP contribution in [0.15, 0.2) is 24.8 Å². The first-order valence-corrected chi connectivity index (χ1v) is 10.2. The minimum absolute atomic E-state index is 0.0924. The second-order valence-corrected chi connectivity index (χ2v) is 7.45. The van der Waals surface area contributed by atoms with Gasteiger partial charge in [-0.1, -0.05) is 44.2 Å². The van der Waals surface area contributed by atoms with Gasteiger partial charge in [-0.25, -0.2) is 14.4 Å². The highest BCUT2D eigenvalue weighted by Gasteiger charge is 2.43. The summed E-state index contributed by atoms with van der Waals surface area (Å²) in [6, 6.07) is 5.04. The molecule has 0 radical (unpaired) electrons. The molecule has 30 heavy (non-hydrogen) atoms. The maximum Gasteiger partial charge on any atom is 0.410 e. The van der Waals surface area contributed by atoms with Crippen LogP contribution in [0.4, 0.5) is 9.59 Å². The molecule has 2 aliphatic heterocycles. The summed E-state index contributed by atoms with van der Waals surface area (Å²) < 4.78 is 15.7. The van der Waals surface area contributed by atoms with Crippen LogP contribution in [0.1, 0.15) is 42.9 Å². The zero-order valence-corrected chi connectivity index (χ0v) is 17.5. The molecule has 0 N–H and O–H groups in total. The molecule has 0 spiro atoms. The van der Waals surface area contributed by atoms with Gasteiger partial charge >= 0.3 is 18.2 Å². The summed E-state index contributed by atoms with van der Waals surface area (Å²) in [6.07, 6.45) is 1.90. The number of carbonyl (C=O) groups is 3. The summed E-state index contributed by atoms with van der Waals surface area (Å²) in [5, 5.41) is 0. The first kappa shape index (κ1) is 21.7. The standard InChI is InChI=1S/C22H28N2O6/c1-4-6-10-29-22(27)24-13-17(11-19(24)20(25)28-3)30-21(26)23-12-16-9-7-8-15(5-2)18(16)14-23/h5,7-9,17,19H,2,4,6,10-14H2,1,3H3/t17-,19+/m1/s1. The number of benzene rings is 1. The molecule has 2 aliphatic rings. The Hall–Kier alpha value is -3.03. The number of likely N-dealkylation sites (tertiary alicyclic amines) is 1. The Balaban J connectivity index is 1.62. The number of rotatable bonds is 6. The van der Waals surface area contributed by atoms with Gasteiger partial charge in [-0.2, -0.15) is 0 Å². The van der Waals surface area contributed by atoms with Crippen molar-refractivity contribution in [1.82, 2.24) is 9.80 Å². The van der Waals surface area contributed by atoms with Crippen molar-refractivity contribution in [2.75, 3.05) is 20.3 Å². The Morgan fingerprint density at radius 1 is 1.23 bits per heavy atom. The number of carbonyl (C=O) groups excluding carboxylic acids is 3. The van der Waals surface area contributed by atoms with Crippen molar-refractivity contribution in [3.8, 4) is 0 Å². The number of hydrogen-bond acceptors (Lipinski definition) is 6. The van der Waals surface area contributed by atoms with Crippen molar-refractivity contribution in [1.29, 1.82) is 0 Å². The van der Waals surface area contributed by atoms with E-state index in [-0.39, 0.29) is 19.6 Å². The van der Waals surface area contributed by atoms with Crippen molar-refractivity contribution in [3.05, 3.63) is 41.5 Å². The first-order chi connectivity index (χ1) is 14.5. The number of methoxy groups -OCH3 is 1. The zero-order valence-electron chi connectivity index (χ0n) is 17.5. The predicted molar refractivity (Wildman–Crippen MR) is 109 cm³/mol. The average molecular weight is 416 g/mol. The lowest BCUT2D eigenvalue weighted by molar-refractivity contribution is -0.145. The molecule has 8 nitrogen and oxygen atoms in total. The topological polar surface area (TPSA) is 85.4 Å². The molecule has 8 heteroatoms. The van der Waals surface area contributed by atoms with Crippen LogP contribution in [-0.4, -0.2) is 60.4 Å². The monoisotopic (exact) mass is 416 g/mol. The largest absolute Gasteiger partial charge is 0.467 e. The predicted octanol–water partition coefficient (Wildman–Crippen LogP) is 3.33. The van der Waals surface area contributed by atoms with Crippen LogP contribution in [0.2, 0.25) is 0 Å². The first-order valence-electron chi connectivity index (χ1n) is 10.2. The van der Waals surface area contributed by atoms with Gasteiger partial charge < -0.3 is 14.2 Å². The normalized spacial score (nSPS) is 19.9. The fourth-order valence-electron chi connectivity index (χ4n) is 3.82. The lowest BCUT2D eigenvalue weighted by atomic mass is 10.0. The fraction of sp³-hybridized carbons (Fsp3) is 0.500. The van der Waals surface area contributed by atoms with Crippen LogP contribution in [0.25, 0.3) is 6.08 Å². The third-order valence-electron chi connectivity index (χ3n) is 5.46. The van der Waals surface area contributed by atoms with Crippen LogP contribution >= 0.6 is 0 Å². The fourth-order valence-corrected chi connectivity index (χ4v) is 3.82. The van der Waals surface area contributed by atoms with Crippen LogP contribution < -0.4 is 0 Å². The molecule has 1 fully saturated rings. The highest BCUT2D eigenvalue weighted by molar-refractivity contribution is 5.82. The van der Waals surface area contributed by atoms with Crippen molar-refractivity contribution in [2.45, 2.75) is 51.4 Å². The van der Waals surface area contributed by atoms with E-state index < -0.39 is 30.3 Å². The molecule has 0 aromatic heterocycles. The van der Waals surface area contributed by atoms with Crippen LogP contribution in [0, 0.1) is 0 Å². The van der Waals surface area contributed by atoms with Crippen LogP contribution in [0.5, 0.6) is 0 Å². The molecule has 2 atom stereocenters. The number of amides is 2. The number of nitrogens with zero attached hydrogens (tertiary/aromatic N) is 2. The molecule has 2 heterocycles. The smallest absolute Gasteiger partial charge is 0.410 e. The molecule has 1 aromatic carbocycles. The van der Waals surface area contributed by atoms with Crippen molar-refractivity contribution in [2.24, 2.45) is 0 Å². The third-order valence-corrected chi connectivity index (χ3v) is 5.46. The van der Waals surface area contributed by atoms with Gasteiger partial charge in [-0.15, -0.1) is 0 Å². The Bertz CT molecular complexity index is 824. The molecule has 1 aromatic rings. The van der Waals surface area contributed by atoms with E-state index in [1.54, 1.807) is 11.0 Å². The zero-order chi connectivity index (χ0) is 21.7. The van der Waals surface area contributed by atoms with Gasteiger partial charge in [0.1, 0.15) is 12.1 Å². The highest BCUT2D eigenvalue weighted by Crippen LogP contribution is 2.29. The van der Waals surface area contributed by atoms with Crippen LogP contribution in [0.3, 0.4) is 0 Å². The van der Waals surface area contributed by atoms with E-state index in [0.29, 0.717) is 13.1 Å². The maximum atomic E-state index is 12.7. The molecule has 0 aliphatic carbocycles. The van der Waals surface area contributed by atoms with Gasteiger partial charge in [0.05, 0.1) is 26.8 Å².